The molecule has 6 rings (SSSR count). The topological polar surface area (TPSA) is 37.6 Å². The van der Waals surface area contributed by atoms with Gasteiger partial charge in [-0.3, -0.25) is 4.79 Å². The van der Waals surface area contributed by atoms with E-state index in [2.05, 4.69) is 23.1 Å². The fraction of sp³-hybridized carbons (Fsp3) is 0.333. The maximum Gasteiger partial charge on any atom is 0.246 e. The Morgan fingerprint density at radius 2 is 1.61 bits per heavy atom. The van der Waals surface area contributed by atoms with Crippen molar-refractivity contribution in [2.75, 3.05) is 13.1 Å². The van der Waals surface area contributed by atoms with Crippen molar-refractivity contribution >= 4 is 17.5 Å². The molecule has 2 saturated heterocycles. The highest BCUT2D eigenvalue weighted by Gasteiger charge is 2.30. The first-order valence-electron chi connectivity index (χ1n) is 10.3. The highest BCUT2D eigenvalue weighted by atomic mass is 16.2. The molecular formula is C24H25N3O. The van der Waals surface area contributed by atoms with Crippen LogP contribution in [0.4, 0.5) is 0 Å². The van der Waals surface area contributed by atoms with Crippen molar-refractivity contribution in [3.05, 3.63) is 66.4 Å². The van der Waals surface area contributed by atoms with Gasteiger partial charge >= 0.3 is 0 Å². The van der Waals surface area contributed by atoms with Gasteiger partial charge in [0.05, 0.1) is 5.52 Å². The molecule has 1 aromatic carbocycles. The van der Waals surface area contributed by atoms with E-state index in [1.807, 2.05) is 47.1 Å². The SMILES string of the molecule is O=C(C=Cc1c(-c2ccccc2)nn2ccccc12)N1CC2CCC(CC2)C1. The molecule has 3 aliphatic rings. The highest BCUT2D eigenvalue weighted by Crippen LogP contribution is 2.34. The average molecular weight is 371 g/mol. The van der Waals surface area contributed by atoms with Crippen molar-refractivity contribution in [3.63, 3.8) is 0 Å². The lowest BCUT2D eigenvalue weighted by atomic mass is 9.84. The molecule has 3 aromatic rings. The summed E-state index contributed by atoms with van der Waals surface area (Å²) >= 11 is 0. The van der Waals surface area contributed by atoms with Crippen molar-refractivity contribution in [1.29, 1.82) is 0 Å². The molecule has 1 aliphatic carbocycles. The Morgan fingerprint density at radius 1 is 0.929 bits per heavy atom. The predicted octanol–water partition coefficient (Wildman–Crippen LogP) is 4.66. The lowest BCUT2D eigenvalue weighted by Crippen LogP contribution is -2.33. The standard InChI is InChI=1S/C24H25N3O/c28-23(26-16-18-9-10-19(17-26)12-11-18)14-13-21-22-8-4-5-15-27(22)25-24(21)20-6-2-1-3-7-20/h1-8,13-15,18-19H,9-12,16-17H2. The van der Waals surface area contributed by atoms with Gasteiger partial charge < -0.3 is 4.90 Å². The van der Waals surface area contributed by atoms with Gasteiger partial charge in [-0.1, -0.05) is 36.4 Å². The van der Waals surface area contributed by atoms with Crippen LogP contribution in [-0.4, -0.2) is 33.5 Å². The van der Waals surface area contributed by atoms with E-state index in [9.17, 15) is 4.79 Å². The van der Waals surface area contributed by atoms with E-state index in [0.717, 1.165) is 35.4 Å². The van der Waals surface area contributed by atoms with E-state index >= 15 is 0 Å². The van der Waals surface area contributed by atoms with Crippen LogP contribution < -0.4 is 0 Å². The molecule has 0 atom stereocenters. The van der Waals surface area contributed by atoms with E-state index in [-0.39, 0.29) is 5.91 Å². The van der Waals surface area contributed by atoms with Crippen LogP contribution >= 0.6 is 0 Å². The van der Waals surface area contributed by atoms with Gasteiger partial charge in [0, 0.05) is 36.5 Å². The summed E-state index contributed by atoms with van der Waals surface area (Å²) in [4.78, 5) is 15.0. The van der Waals surface area contributed by atoms with Crippen molar-refractivity contribution in [2.45, 2.75) is 25.7 Å². The number of hydrogen-bond acceptors (Lipinski definition) is 2. The number of benzene rings is 1. The van der Waals surface area contributed by atoms with E-state index in [0.29, 0.717) is 11.8 Å². The molecule has 2 aliphatic heterocycles. The molecule has 1 amide bonds. The van der Waals surface area contributed by atoms with E-state index in [4.69, 9.17) is 5.10 Å². The van der Waals surface area contributed by atoms with E-state index in [1.165, 1.54) is 25.7 Å². The first-order valence-corrected chi connectivity index (χ1v) is 10.3. The zero-order chi connectivity index (χ0) is 18.9. The van der Waals surface area contributed by atoms with Crippen LogP contribution in [0.1, 0.15) is 31.2 Å². The Hall–Kier alpha value is -2.88. The molecule has 142 valence electrons. The summed E-state index contributed by atoms with van der Waals surface area (Å²) in [6, 6.07) is 16.2. The van der Waals surface area contributed by atoms with Gasteiger partial charge in [0.1, 0.15) is 5.69 Å². The number of aromatic nitrogens is 2. The molecule has 4 nitrogen and oxygen atoms in total. The molecule has 28 heavy (non-hydrogen) atoms. The summed E-state index contributed by atoms with van der Waals surface area (Å²) in [7, 11) is 0. The number of amides is 1. The Morgan fingerprint density at radius 3 is 2.32 bits per heavy atom. The van der Waals surface area contributed by atoms with Crippen LogP contribution in [-0.2, 0) is 4.79 Å². The van der Waals surface area contributed by atoms with E-state index in [1.54, 1.807) is 6.08 Å². The summed E-state index contributed by atoms with van der Waals surface area (Å²) in [5.74, 6) is 1.51. The minimum absolute atomic E-state index is 0.132. The maximum atomic E-state index is 13.0. The smallest absolute Gasteiger partial charge is 0.246 e. The number of carbonyl (C=O) groups excluding carboxylic acids is 1. The van der Waals surface area contributed by atoms with Crippen LogP contribution in [0.2, 0.25) is 0 Å². The quantitative estimate of drug-likeness (QED) is 0.628. The van der Waals surface area contributed by atoms with Gasteiger partial charge in [-0.2, -0.15) is 5.10 Å². The van der Waals surface area contributed by atoms with Gasteiger partial charge in [0.25, 0.3) is 0 Å². The highest BCUT2D eigenvalue weighted by molar-refractivity contribution is 5.95. The maximum absolute atomic E-state index is 13.0. The number of nitrogens with zero attached hydrogens (tertiary/aromatic N) is 3. The molecule has 0 unspecified atom stereocenters. The fourth-order valence-electron chi connectivity index (χ4n) is 4.73. The number of carbonyl (C=O) groups is 1. The molecule has 4 heteroatoms. The monoisotopic (exact) mass is 371 g/mol. The number of rotatable bonds is 3. The molecule has 0 spiro atoms. The predicted molar refractivity (Wildman–Crippen MR) is 112 cm³/mol. The molecule has 2 aromatic heterocycles. The molecule has 0 N–H and O–H groups in total. The largest absolute Gasteiger partial charge is 0.339 e. The van der Waals surface area contributed by atoms with Crippen LogP contribution in [0, 0.1) is 11.8 Å². The number of pyridine rings is 1. The second-order valence-electron chi connectivity index (χ2n) is 8.12. The third-order valence-corrected chi connectivity index (χ3v) is 6.25. The second kappa shape index (κ2) is 7.27. The molecule has 1 saturated carbocycles. The minimum atomic E-state index is 0.132. The molecule has 4 heterocycles. The third kappa shape index (κ3) is 3.24. The lowest BCUT2D eigenvalue weighted by molar-refractivity contribution is -0.126. The summed E-state index contributed by atoms with van der Waals surface area (Å²) in [5, 5.41) is 4.76. The second-order valence-corrected chi connectivity index (χ2v) is 8.12. The van der Waals surface area contributed by atoms with E-state index < -0.39 is 0 Å². The summed E-state index contributed by atoms with van der Waals surface area (Å²) < 4.78 is 1.89. The minimum Gasteiger partial charge on any atom is -0.339 e. The van der Waals surface area contributed by atoms with Crippen LogP contribution in [0.15, 0.2) is 60.8 Å². The van der Waals surface area contributed by atoms with Crippen molar-refractivity contribution in [2.24, 2.45) is 11.8 Å². The molecule has 0 radical (unpaired) electrons. The molecule has 3 fully saturated rings. The van der Waals surface area contributed by atoms with Gasteiger partial charge in [-0.05, 0) is 55.7 Å². The number of hydrogen-bond donors (Lipinski definition) is 0. The lowest BCUT2D eigenvalue weighted by Gasteiger charge is -2.20. The average Bonchev–Trinajstić information content (AvgIpc) is 2.87. The van der Waals surface area contributed by atoms with Crippen molar-refractivity contribution < 1.29 is 4.79 Å². The first kappa shape index (κ1) is 17.2. The van der Waals surface area contributed by atoms with Crippen LogP contribution in [0.3, 0.4) is 0 Å². The zero-order valence-electron chi connectivity index (χ0n) is 16.0. The van der Waals surface area contributed by atoms with Gasteiger partial charge in [-0.15, -0.1) is 0 Å². The number of fused-ring (bicyclic) bond motifs is 5. The van der Waals surface area contributed by atoms with Gasteiger partial charge in [0.2, 0.25) is 5.91 Å². The van der Waals surface area contributed by atoms with Crippen LogP contribution in [0.5, 0.6) is 0 Å². The molecule has 2 bridgehead atoms. The summed E-state index contributed by atoms with van der Waals surface area (Å²) in [6.07, 6.45) is 10.8. The molecular weight excluding hydrogens is 346 g/mol. The van der Waals surface area contributed by atoms with Crippen molar-refractivity contribution in [3.8, 4) is 11.3 Å². The fourth-order valence-corrected chi connectivity index (χ4v) is 4.73. The Kier molecular flexibility index (Phi) is 4.47. The summed E-state index contributed by atoms with van der Waals surface area (Å²) in [6.45, 7) is 1.83. The zero-order valence-corrected chi connectivity index (χ0v) is 16.0. The Labute approximate surface area is 165 Å². The first-order chi connectivity index (χ1) is 13.8. The Bertz CT molecular complexity index is 999. The Balaban J connectivity index is 1.48. The summed E-state index contributed by atoms with van der Waals surface area (Å²) in [5.41, 5.74) is 3.98. The van der Waals surface area contributed by atoms with Crippen LogP contribution in [0.25, 0.3) is 22.9 Å². The van der Waals surface area contributed by atoms with Crippen molar-refractivity contribution in [1.82, 2.24) is 14.5 Å². The van der Waals surface area contributed by atoms with Gasteiger partial charge in [0.15, 0.2) is 0 Å². The van der Waals surface area contributed by atoms with Gasteiger partial charge in [-0.25, -0.2) is 4.52 Å². The third-order valence-electron chi connectivity index (χ3n) is 6.25. The normalized spacial score (nSPS) is 22.1.